The standard InChI is InChI=1S/C19H23BrO2/c1-22-19(21)17-15-13-11-9-7-5-3-2-4-6-8-10-12-14-16-18-20/h2-3,12,14,16,18H,4,6,8,10,13,15,17H2,1H3/b3-2+,14-12-,18-16+. The third kappa shape index (κ3) is 16.3. The highest BCUT2D eigenvalue weighted by atomic mass is 79.9. The molecule has 0 unspecified atom stereocenters. The van der Waals surface area contributed by atoms with Crippen LogP contribution in [0.4, 0.5) is 0 Å². The maximum atomic E-state index is 10.8. The van der Waals surface area contributed by atoms with Crippen LogP contribution in [-0.4, -0.2) is 13.1 Å². The number of rotatable bonds is 9. The molecule has 0 aromatic heterocycles. The number of carbonyl (C=O) groups is 1. The maximum absolute atomic E-state index is 10.8. The molecule has 22 heavy (non-hydrogen) atoms. The third-order valence-electron chi connectivity index (χ3n) is 2.65. The highest BCUT2D eigenvalue weighted by Gasteiger charge is 1.96. The third-order valence-corrected chi connectivity index (χ3v) is 2.95. The second-order valence-electron chi connectivity index (χ2n) is 4.43. The Labute approximate surface area is 142 Å². The summed E-state index contributed by atoms with van der Waals surface area (Å²) in [7, 11) is 1.39. The molecular weight excluding hydrogens is 340 g/mol. The highest BCUT2D eigenvalue weighted by molar-refractivity contribution is 9.11. The molecular formula is C19H23BrO2. The first kappa shape index (κ1) is 20.3. The summed E-state index contributed by atoms with van der Waals surface area (Å²) in [5, 5.41) is 0. The van der Waals surface area contributed by atoms with E-state index in [-0.39, 0.29) is 5.97 Å². The van der Waals surface area contributed by atoms with Crippen molar-refractivity contribution >= 4 is 21.9 Å². The van der Waals surface area contributed by atoms with Gasteiger partial charge < -0.3 is 4.74 Å². The van der Waals surface area contributed by atoms with Gasteiger partial charge in [-0.15, -0.1) is 0 Å². The molecule has 0 heterocycles. The number of esters is 1. The molecule has 2 nitrogen and oxygen atoms in total. The first-order chi connectivity index (χ1) is 10.8. The summed E-state index contributed by atoms with van der Waals surface area (Å²) >= 11 is 3.22. The van der Waals surface area contributed by atoms with Crippen molar-refractivity contribution in [2.45, 2.75) is 44.9 Å². The quantitative estimate of drug-likeness (QED) is 0.252. The lowest BCUT2D eigenvalue weighted by molar-refractivity contribution is -0.140. The lowest BCUT2D eigenvalue weighted by atomic mass is 10.2. The van der Waals surface area contributed by atoms with Crippen LogP contribution in [-0.2, 0) is 9.53 Å². The Morgan fingerprint density at radius 2 is 1.86 bits per heavy atom. The minimum absolute atomic E-state index is 0.189. The number of hydrogen-bond donors (Lipinski definition) is 0. The summed E-state index contributed by atoms with van der Waals surface area (Å²) in [5.41, 5.74) is 0. The van der Waals surface area contributed by atoms with Crippen molar-refractivity contribution in [1.29, 1.82) is 0 Å². The minimum Gasteiger partial charge on any atom is -0.469 e. The number of ether oxygens (including phenoxy) is 1. The zero-order valence-electron chi connectivity index (χ0n) is 13.1. The average molecular weight is 363 g/mol. The molecule has 118 valence electrons. The van der Waals surface area contributed by atoms with Gasteiger partial charge in [0.2, 0.25) is 0 Å². The van der Waals surface area contributed by atoms with Crippen molar-refractivity contribution in [3.8, 4) is 23.7 Å². The second-order valence-corrected chi connectivity index (χ2v) is 4.96. The van der Waals surface area contributed by atoms with E-state index < -0.39 is 0 Å². The predicted molar refractivity (Wildman–Crippen MR) is 96.2 cm³/mol. The van der Waals surface area contributed by atoms with E-state index in [0.717, 1.165) is 19.3 Å². The molecule has 0 aromatic rings. The number of methoxy groups -OCH3 is 1. The van der Waals surface area contributed by atoms with E-state index in [0.29, 0.717) is 12.8 Å². The van der Waals surface area contributed by atoms with Crippen molar-refractivity contribution in [2.75, 3.05) is 7.11 Å². The number of unbranched alkanes of at least 4 members (excludes halogenated alkanes) is 4. The average Bonchev–Trinajstić information content (AvgIpc) is 2.54. The highest BCUT2D eigenvalue weighted by Crippen LogP contribution is 2.01. The van der Waals surface area contributed by atoms with Crippen LogP contribution in [0.5, 0.6) is 0 Å². The van der Waals surface area contributed by atoms with Crippen LogP contribution in [0, 0.1) is 23.7 Å². The Balaban J connectivity index is 3.56. The largest absolute Gasteiger partial charge is 0.469 e. The van der Waals surface area contributed by atoms with Gasteiger partial charge in [0.15, 0.2) is 0 Å². The molecule has 0 fully saturated rings. The fraction of sp³-hybridized carbons (Fsp3) is 0.421. The molecule has 0 spiro atoms. The number of hydrogen-bond acceptors (Lipinski definition) is 2. The van der Waals surface area contributed by atoms with Gasteiger partial charge in [-0.05, 0) is 55.0 Å². The Bertz CT molecular complexity index is 493. The van der Waals surface area contributed by atoms with Crippen LogP contribution in [0.3, 0.4) is 0 Å². The van der Waals surface area contributed by atoms with Gasteiger partial charge in [0, 0.05) is 12.8 Å². The molecule has 0 aliphatic rings. The summed E-state index contributed by atoms with van der Waals surface area (Å²) in [6, 6.07) is 0. The summed E-state index contributed by atoms with van der Waals surface area (Å²) in [4.78, 5) is 12.7. The van der Waals surface area contributed by atoms with E-state index in [9.17, 15) is 4.79 Å². The molecule has 0 amide bonds. The number of allylic oxidation sites excluding steroid dienone is 5. The number of carbonyl (C=O) groups excluding carboxylic acids is 1. The van der Waals surface area contributed by atoms with E-state index in [1.807, 2.05) is 23.2 Å². The SMILES string of the molecule is COC(=O)CCCC#CC#C/C=C/CCCC/C=C\C=C\Br. The molecule has 0 aromatic carbocycles. The van der Waals surface area contributed by atoms with Gasteiger partial charge in [-0.3, -0.25) is 4.79 Å². The lowest BCUT2D eigenvalue weighted by Gasteiger charge is -1.93. The van der Waals surface area contributed by atoms with Crippen molar-refractivity contribution in [1.82, 2.24) is 0 Å². The zero-order valence-corrected chi connectivity index (χ0v) is 14.7. The molecule has 0 rings (SSSR count). The molecule has 3 heteroatoms. The molecule has 0 atom stereocenters. The Hall–Kier alpha value is -1.71. The van der Waals surface area contributed by atoms with Crippen molar-refractivity contribution < 1.29 is 9.53 Å². The summed E-state index contributed by atoms with van der Waals surface area (Å²) in [6.45, 7) is 0. The zero-order chi connectivity index (χ0) is 16.3. The fourth-order valence-electron chi connectivity index (χ4n) is 1.49. The molecule has 0 aliphatic carbocycles. The van der Waals surface area contributed by atoms with Crippen LogP contribution in [0.25, 0.3) is 0 Å². The van der Waals surface area contributed by atoms with E-state index in [2.05, 4.69) is 56.5 Å². The lowest BCUT2D eigenvalue weighted by Crippen LogP contribution is -1.98. The van der Waals surface area contributed by atoms with Crippen molar-refractivity contribution in [3.63, 3.8) is 0 Å². The molecule has 0 saturated carbocycles. The molecule has 0 bridgehead atoms. The van der Waals surface area contributed by atoms with Gasteiger partial charge in [-0.2, -0.15) is 0 Å². The van der Waals surface area contributed by atoms with Crippen LogP contribution < -0.4 is 0 Å². The van der Waals surface area contributed by atoms with Crippen LogP contribution in [0.15, 0.2) is 35.4 Å². The first-order valence-electron chi connectivity index (χ1n) is 7.43. The van der Waals surface area contributed by atoms with Crippen molar-refractivity contribution in [2.24, 2.45) is 0 Å². The monoisotopic (exact) mass is 362 g/mol. The summed E-state index contributed by atoms with van der Waals surface area (Å²) in [5.74, 6) is 11.2. The van der Waals surface area contributed by atoms with Gasteiger partial charge in [0.1, 0.15) is 0 Å². The van der Waals surface area contributed by atoms with E-state index in [1.165, 1.54) is 20.0 Å². The van der Waals surface area contributed by atoms with Gasteiger partial charge >= 0.3 is 5.97 Å². The molecule has 0 saturated heterocycles. The summed E-state index contributed by atoms with van der Waals surface area (Å²) in [6.07, 6.45) is 16.4. The first-order valence-corrected chi connectivity index (χ1v) is 8.35. The molecule has 0 N–H and O–H groups in total. The minimum atomic E-state index is -0.189. The predicted octanol–water partition coefficient (Wildman–Crippen LogP) is 4.92. The van der Waals surface area contributed by atoms with Gasteiger partial charge in [-0.1, -0.05) is 52.1 Å². The Morgan fingerprint density at radius 1 is 1.09 bits per heavy atom. The van der Waals surface area contributed by atoms with E-state index >= 15 is 0 Å². The molecule has 0 aliphatic heterocycles. The van der Waals surface area contributed by atoms with E-state index in [1.54, 1.807) is 0 Å². The normalized spacial score (nSPS) is 10.5. The fourth-order valence-corrected chi connectivity index (χ4v) is 1.67. The van der Waals surface area contributed by atoms with Crippen LogP contribution in [0.2, 0.25) is 0 Å². The van der Waals surface area contributed by atoms with Crippen LogP contribution in [0.1, 0.15) is 44.9 Å². The second kappa shape index (κ2) is 17.3. The Kier molecular flexibility index (Phi) is 16.0. The van der Waals surface area contributed by atoms with Gasteiger partial charge in [-0.25, -0.2) is 0 Å². The van der Waals surface area contributed by atoms with E-state index in [4.69, 9.17) is 0 Å². The number of halogens is 1. The topological polar surface area (TPSA) is 26.3 Å². The summed E-state index contributed by atoms with van der Waals surface area (Å²) < 4.78 is 4.54. The maximum Gasteiger partial charge on any atom is 0.305 e. The Morgan fingerprint density at radius 3 is 2.59 bits per heavy atom. The molecule has 0 radical (unpaired) electrons. The smallest absolute Gasteiger partial charge is 0.305 e. The van der Waals surface area contributed by atoms with Crippen LogP contribution >= 0.6 is 15.9 Å². The van der Waals surface area contributed by atoms with Gasteiger partial charge in [0.05, 0.1) is 7.11 Å². The van der Waals surface area contributed by atoms with Crippen molar-refractivity contribution in [3.05, 3.63) is 35.4 Å². The van der Waals surface area contributed by atoms with Gasteiger partial charge in [0.25, 0.3) is 0 Å².